The molecule has 1 aliphatic heterocycles. The zero-order valence-electron chi connectivity index (χ0n) is 11.6. The van der Waals surface area contributed by atoms with Crippen molar-refractivity contribution in [3.05, 3.63) is 18.1 Å². The molecule has 104 valence electrons. The molecule has 0 aromatic carbocycles. The molecular weight excluding hydrogens is 242 g/mol. The molecule has 19 heavy (non-hydrogen) atoms. The van der Waals surface area contributed by atoms with E-state index >= 15 is 0 Å². The summed E-state index contributed by atoms with van der Waals surface area (Å²) < 4.78 is 0. The van der Waals surface area contributed by atoms with Gasteiger partial charge in [-0.3, -0.25) is 4.79 Å². The predicted octanol–water partition coefficient (Wildman–Crippen LogP) is 2.26. The summed E-state index contributed by atoms with van der Waals surface area (Å²) in [7, 11) is 0. The zero-order chi connectivity index (χ0) is 13.9. The van der Waals surface area contributed by atoms with Crippen LogP contribution >= 0.6 is 0 Å². The molecule has 0 amide bonds. The average Bonchev–Trinajstić information content (AvgIpc) is 2.39. The zero-order valence-corrected chi connectivity index (χ0v) is 11.6. The molecule has 1 aliphatic rings. The molecule has 1 fully saturated rings. The quantitative estimate of drug-likeness (QED) is 0.902. The van der Waals surface area contributed by atoms with Gasteiger partial charge in [-0.1, -0.05) is 13.3 Å². The van der Waals surface area contributed by atoms with Crippen LogP contribution in [-0.4, -0.2) is 34.1 Å². The fraction of sp³-hybridized carbons (Fsp3) is 0.643. The van der Waals surface area contributed by atoms with Crippen molar-refractivity contribution in [3.63, 3.8) is 0 Å². The molecule has 0 radical (unpaired) electrons. The number of hydrogen-bond acceptors (Lipinski definition) is 4. The molecule has 2 heterocycles. The second kappa shape index (κ2) is 5.55. The Morgan fingerprint density at radius 1 is 1.53 bits per heavy atom. The number of carbonyl (C=O) groups is 1. The minimum atomic E-state index is -0.676. The molecule has 2 rings (SSSR count). The highest BCUT2D eigenvalue weighted by molar-refractivity contribution is 5.76. The Kier molecular flexibility index (Phi) is 4.02. The number of rotatable bonds is 4. The Hall–Kier alpha value is -1.65. The normalized spacial score (nSPS) is 23.4. The largest absolute Gasteiger partial charge is 0.481 e. The van der Waals surface area contributed by atoms with E-state index in [1.54, 1.807) is 6.33 Å². The minimum Gasteiger partial charge on any atom is -0.481 e. The first-order chi connectivity index (χ1) is 9.07. The van der Waals surface area contributed by atoms with Gasteiger partial charge in [0, 0.05) is 24.8 Å². The van der Waals surface area contributed by atoms with Crippen LogP contribution < -0.4 is 4.90 Å². The number of nitrogens with zero attached hydrogens (tertiary/aromatic N) is 3. The van der Waals surface area contributed by atoms with E-state index in [4.69, 9.17) is 0 Å². The lowest BCUT2D eigenvalue weighted by molar-refractivity contribution is -0.150. The molecular formula is C14H21N3O2. The van der Waals surface area contributed by atoms with E-state index in [1.807, 2.05) is 19.9 Å². The fourth-order valence-corrected chi connectivity index (χ4v) is 2.90. The van der Waals surface area contributed by atoms with Crippen LogP contribution in [0.15, 0.2) is 12.4 Å². The summed E-state index contributed by atoms with van der Waals surface area (Å²) in [6.45, 7) is 5.38. The second-order valence-corrected chi connectivity index (χ2v) is 5.38. The maximum Gasteiger partial charge on any atom is 0.311 e. The molecule has 1 saturated heterocycles. The van der Waals surface area contributed by atoms with Crippen molar-refractivity contribution in [2.45, 2.75) is 39.5 Å². The Labute approximate surface area is 113 Å². The summed E-state index contributed by atoms with van der Waals surface area (Å²) in [6, 6.07) is 1.92. The van der Waals surface area contributed by atoms with Crippen LogP contribution in [0.3, 0.4) is 0 Å². The lowest BCUT2D eigenvalue weighted by Gasteiger charge is -2.40. The van der Waals surface area contributed by atoms with Gasteiger partial charge in [0.25, 0.3) is 0 Å². The summed E-state index contributed by atoms with van der Waals surface area (Å²) in [4.78, 5) is 22.1. The monoisotopic (exact) mass is 263 g/mol. The van der Waals surface area contributed by atoms with Crippen LogP contribution in [0.4, 0.5) is 5.82 Å². The number of aliphatic carboxylic acids is 1. The highest BCUT2D eigenvalue weighted by Gasteiger charge is 2.41. The summed E-state index contributed by atoms with van der Waals surface area (Å²) >= 11 is 0. The average molecular weight is 263 g/mol. The van der Waals surface area contributed by atoms with Crippen molar-refractivity contribution < 1.29 is 9.90 Å². The van der Waals surface area contributed by atoms with Crippen LogP contribution in [0.1, 0.15) is 38.3 Å². The van der Waals surface area contributed by atoms with E-state index in [-0.39, 0.29) is 0 Å². The van der Waals surface area contributed by atoms with E-state index in [0.717, 1.165) is 43.7 Å². The number of carboxylic acid groups (broad SMARTS) is 1. The number of carboxylic acids is 1. The first-order valence-corrected chi connectivity index (χ1v) is 6.84. The molecule has 1 N–H and O–H groups in total. The highest BCUT2D eigenvalue weighted by Crippen LogP contribution is 2.36. The third kappa shape index (κ3) is 2.85. The number of anilines is 1. The van der Waals surface area contributed by atoms with Crippen molar-refractivity contribution in [2.24, 2.45) is 5.41 Å². The van der Waals surface area contributed by atoms with Crippen molar-refractivity contribution in [2.75, 3.05) is 18.0 Å². The molecule has 0 saturated carbocycles. The molecule has 1 atom stereocenters. The molecule has 5 nitrogen and oxygen atoms in total. The van der Waals surface area contributed by atoms with Gasteiger partial charge in [0.15, 0.2) is 0 Å². The first kappa shape index (κ1) is 13.8. The standard InChI is InChI=1S/C14H21N3O2/c1-3-5-14(13(18)19)6-4-7-17(9-14)12-8-11(2)15-10-16-12/h8,10H,3-7,9H2,1-2H3,(H,18,19). The van der Waals surface area contributed by atoms with Crippen LogP contribution in [0.25, 0.3) is 0 Å². The molecule has 5 heteroatoms. The fourth-order valence-electron chi connectivity index (χ4n) is 2.90. The van der Waals surface area contributed by atoms with Gasteiger partial charge in [-0.05, 0) is 26.2 Å². The lowest BCUT2D eigenvalue weighted by Crippen LogP contribution is -2.48. The molecule has 0 spiro atoms. The number of hydrogen-bond donors (Lipinski definition) is 1. The Morgan fingerprint density at radius 2 is 2.32 bits per heavy atom. The molecule has 1 aromatic rings. The van der Waals surface area contributed by atoms with Crippen LogP contribution in [0.2, 0.25) is 0 Å². The van der Waals surface area contributed by atoms with E-state index in [0.29, 0.717) is 6.54 Å². The van der Waals surface area contributed by atoms with Gasteiger partial charge in [-0.2, -0.15) is 0 Å². The van der Waals surface area contributed by atoms with Gasteiger partial charge < -0.3 is 10.0 Å². The van der Waals surface area contributed by atoms with Gasteiger partial charge in [0.2, 0.25) is 0 Å². The number of aryl methyl sites for hydroxylation is 1. The Balaban J connectivity index is 2.22. The van der Waals surface area contributed by atoms with Crippen molar-refractivity contribution in [1.29, 1.82) is 0 Å². The van der Waals surface area contributed by atoms with Crippen LogP contribution in [-0.2, 0) is 4.79 Å². The van der Waals surface area contributed by atoms with Crippen molar-refractivity contribution >= 4 is 11.8 Å². The smallest absolute Gasteiger partial charge is 0.311 e. The molecule has 0 bridgehead atoms. The highest BCUT2D eigenvalue weighted by atomic mass is 16.4. The maximum absolute atomic E-state index is 11.7. The van der Waals surface area contributed by atoms with Crippen molar-refractivity contribution in [3.8, 4) is 0 Å². The Bertz CT molecular complexity index is 460. The van der Waals surface area contributed by atoms with Gasteiger partial charge in [-0.15, -0.1) is 0 Å². The van der Waals surface area contributed by atoms with Gasteiger partial charge in [-0.25, -0.2) is 9.97 Å². The van der Waals surface area contributed by atoms with Crippen LogP contribution in [0.5, 0.6) is 0 Å². The lowest BCUT2D eigenvalue weighted by atomic mass is 9.76. The third-order valence-corrected chi connectivity index (χ3v) is 3.87. The number of piperidine rings is 1. The maximum atomic E-state index is 11.7. The van der Waals surface area contributed by atoms with Gasteiger partial charge >= 0.3 is 5.97 Å². The number of aromatic nitrogens is 2. The minimum absolute atomic E-state index is 0.548. The van der Waals surface area contributed by atoms with Crippen LogP contribution in [0, 0.1) is 12.3 Å². The summed E-state index contributed by atoms with van der Waals surface area (Å²) in [5.74, 6) is 0.166. The third-order valence-electron chi connectivity index (χ3n) is 3.87. The first-order valence-electron chi connectivity index (χ1n) is 6.84. The van der Waals surface area contributed by atoms with E-state index in [1.165, 1.54) is 0 Å². The molecule has 1 aromatic heterocycles. The van der Waals surface area contributed by atoms with Crippen molar-refractivity contribution in [1.82, 2.24) is 9.97 Å². The molecule has 1 unspecified atom stereocenters. The van der Waals surface area contributed by atoms with Gasteiger partial charge in [0.05, 0.1) is 5.41 Å². The molecule has 0 aliphatic carbocycles. The summed E-state index contributed by atoms with van der Waals surface area (Å²) in [5.41, 5.74) is 0.290. The topological polar surface area (TPSA) is 66.3 Å². The summed E-state index contributed by atoms with van der Waals surface area (Å²) in [5, 5.41) is 9.58. The van der Waals surface area contributed by atoms with Gasteiger partial charge in [0.1, 0.15) is 12.1 Å². The predicted molar refractivity (Wildman–Crippen MR) is 73.2 cm³/mol. The Morgan fingerprint density at radius 3 is 2.95 bits per heavy atom. The van der Waals surface area contributed by atoms with E-state index in [2.05, 4.69) is 14.9 Å². The second-order valence-electron chi connectivity index (χ2n) is 5.38. The SMILES string of the molecule is CCCC1(C(=O)O)CCCN(c2cc(C)ncn2)C1. The van der Waals surface area contributed by atoms with E-state index < -0.39 is 11.4 Å². The summed E-state index contributed by atoms with van der Waals surface area (Å²) in [6.07, 6.45) is 4.82. The van der Waals surface area contributed by atoms with E-state index in [9.17, 15) is 9.90 Å².